The third-order valence-electron chi connectivity index (χ3n) is 6.08. The molecule has 6 nitrogen and oxygen atoms in total. The Morgan fingerprint density at radius 1 is 1.10 bits per heavy atom. The second-order valence-electron chi connectivity index (χ2n) is 10.9. The first-order valence-corrected chi connectivity index (χ1v) is 13.8. The lowest BCUT2D eigenvalue weighted by Crippen LogP contribution is -2.64. The summed E-state index contributed by atoms with van der Waals surface area (Å²) in [7, 11) is -2.03. The van der Waals surface area contributed by atoms with Gasteiger partial charge < -0.3 is 14.5 Å². The van der Waals surface area contributed by atoms with Crippen LogP contribution in [0, 0.1) is 5.92 Å². The van der Waals surface area contributed by atoms with Crippen molar-refractivity contribution in [2.45, 2.75) is 90.8 Å². The van der Waals surface area contributed by atoms with Crippen LogP contribution in [0.1, 0.15) is 75.6 Å². The molecule has 0 spiro atoms. The number of ketones is 1. The molecule has 1 aromatic carbocycles. The summed E-state index contributed by atoms with van der Waals surface area (Å²) >= 11 is 0. The highest BCUT2D eigenvalue weighted by molar-refractivity contribution is 6.74. The normalized spacial score (nSPS) is 20.5. The number of hydrogen-bond donors (Lipinski definition) is 1. The van der Waals surface area contributed by atoms with Crippen LogP contribution in [0.2, 0.25) is 18.1 Å². The van der Waals surface area contributed by atoms with Gasteiger partial charge in [-0.2, -0.15) is 0 Å². The van der Waals surface area contributed by atoms with Gasteiger partial charge in [-0.1, -0.05) is 32.9 Å². The molecular weight excluding hydrogens is 410 g/mol. The zero-order valence-electron chi connectivity index (χ0n) is 20.3. The molecule has 0 bridgehead atoms. The molecule has 1 heterocycles. The highest BCUT2D eigenvalue weighted by atomic mass is 28.4. The SMILES string of the molecule is CC(O[Si](C)(C)C(C)(C)C)C1C(=O)NC1CC(=O)c1cccc(C(=O)OC(C)(C)C)c1. The Bertz CT molecular complexity index is 850. The Labute approximate surface area is 187 Å². The van der Waals surface area contributed by atoms with Gasteiger partial charge in [-0.3, -0.25) is 9.59 Å². The molecule has 172 valence electrons. The number of benzene rings is 1. The van der Waals surface area contributed by atoms with E-state index in [1.807, 2.05) is 6.92 Å². The zero-order valence-corrected chi connectivity index (χ0v) is 21.3. The van der Waals surface area contributed by atoms with Crippen LogP contribution in [-0.2, 0) is 14.0 Å². The lowest BCUT2D eigenvalue weighted by molar-refractivity contribution is -0.139. The number of esters is 1. The maximum atomic E-state index is 12.9. The summed E-state index contributed by atoms with van der Waals surface area (Å²) in [4.78, 5) is 37.5. The molecular formula is C24H37NO5Si. The Kier molecular flexibility index (Phi) is 7.22. The molecule has 31 heavy (non-hydrogen) atoms. The number of carbonyl (C=O) groups excluding carboxylic acids is 3. The molecule has 0 saturated carbocycles. The molecule has 7 heteroatoms. The minimum absolute atomic E-state index is 0.0366. The van der Waals surface area contributed by atoms with Crippen molar-refractivity contribution in [3.63, 3.8) is 0 Å². The molecule has 1 fully saturated rings. The van der Waals surface area contributed by atoms with Crippen molar-refractivity contribution in [3.8, 4) is 0 Å². The van der Waals surface area contributed by atoms with E-state index in [-0.39, 0.29) is 41.2 Å². The summed E-state index contributed by atoms with van der Waals surface area (Å²) in [5, 5.41) is 2.89. The average Bonchev–Trinajstić information content (AvgIpc) is 2.58. The molecule has 1 aliphatic rings. The highest BCUT2D eigenvalue weighted by Crippen LogP contribution is 2.39. The van der Waals surface area contributed by atoms with Gasteiger partial charge in [0.05, 0.1) is 23.6 Å². The third-order valence-corrected chi connectivity index (χ3v) is 10.7. The number of amides is 1. The molecule has 1 saturated heterocycles. The van der Waals surface area contributed by atoms with Crippen molar-refractivity contribution in [1.29, 1.82) is 0 Å². The van der Waals surface area contributed by atoms with Gasteiger partial charge in [0, 0.05) is 12.0 Å². The third kappa shape index (κ3) is 6.26. The standard InChI is InChI=1S/C24H37NO5Si/c1-15(30-31(8,9)24(5,6)7)20-18(25-21(20)27)14-19(26)16-11-10-12-17(13-16)22(28)29-23(2,3)4/h10-13,15,18,20H,14H2,1-9H3,(H,25,27). The molecule has 3 atom stereocenters. The van der Waals surface area contributed by atoms with Crippen molar-refractivity contribution in [2.75, 3.05) is 0 Å². The molecule has 0 aliphatic carbocycles. The molecule has 1 aromatic rings. The first-order chi connectivity index (χ1) is 14.0. The molecule has 1 amide bonds. The van der Waals surface area contributed by atoms with Gasteiger partial charge in [0.1, 0.15) is 5.60 Å². The van der Waals surface area contributed by atoms with E-state index >= 15 is 0 Å². The van der Waals surface area contributed by atoms with Crippen molar-refractivity contribution in [2.24, 2.45) is 5.92 Å². The minimum Gasteiger partial charge on any atom is -0.456 e. The van der Waals surface area contributed by atoms with E-state index in [4.69, 9.17) is 9.16 Å². The lowest BCUT2D eigenvalue weighted by atomic mass is 9.82. The predicted octanol–water partition coefficient (Wildman–Crippen LogP) is 4.74. The van der Waals surface area contributed by atoms with Crippen molar-refractivity contribution >= 4 is 26.0 Å². The topological polar surface area (TPSA) is 81.7 Å². The molecule has 1 N–H and O–H groups in total. The first-order valence-electron chi connectivity index (χ1n) is 10.9. The van der Waals surface area contributed by atoms with Crippen LogP contribution in [0.25, 0.3) is 0 Å². The number of β-lactam (4-membered cyclic amide) rings is 1. The Hall–Kier alpha value is -1.99. The smallest absolute Gasteiger partial charge is 0.338 e. The molecule has 1 aliphatic heterocycles. The lowest BCUT2D eigenvalue weighted by Gasteiger charge is -2.45. The fourth-order valence-electron chi connectivity index (χ4n) is 3.36. The van der Waals surface area contributed by atoms with Crippen LogP contribution in [0.4, 0.5) is 0 Å². The van der Waals surface area contributed by atoms with E-state index in [2.05, 4.69) is 39.2 Å². The highest BCUT2D eigenvalue weighted by Gasteiger charge is 2.47. The molecule has 3 unspecified atom stereocenters. The maximum Gasteiger partial charge on any atom is 0.338 e. The summed E-state index contributed by atoms with van der Waals surface area (Å²) in [6.45, 7) is 18.1. The van der Waals surface area contributed by atoms with Crippen molar-refractivity contribution in [3.05, 3.63) is 35.4 Å². The Balaban J connectivity index is 2.08. The number of Topliss-reactive ketones (excluding diaryl/α,β-unsaturated/α-hetero) is 1. The fraction of sp³-hybridized carbons (Fsp3) is 0.625. The quantitative estimate of drug-likeness (QED) is 0.283. The van der Waals surface area contributed by atoms with Crippen LogP contribution in [0.5, 0.6) is 0 Å². The summed E-state index contributed by atoms with van der Waals surface area (Å²) in [6.07, 6.45) is -0.0973. The fourth-order valence-corrected chi connectivity index (χ4v) is 4.79. The Morgan fingerprint density at radius 2 is 1.68 bits per heavy atom. The number of carbonyl (C=O) groups is 3. The summed E-state index contributed by atoms with van der Waals surface area (Å²) in [6, 6.07) is 6.27. The molecule has 2 rings (SSSR count). The van der Waals surface area contributed by atoms with E-state index in [1.54, 1.807) is 45.0 Å². The van der Waals surface area contributed by atoms with Gasteiger partial charge in [0.25, 0.3) is 0 Å². The zero-order chi connectivity index (χ0) is 23.8. The first kappa shape index (κ1) is 25.3. The van der Waals surface area contributed by atoms with Crippen LogP contribution in [0.15, 0.2) is 24.3 Å². The molecule has 0 aromatic heterocycles. The minimum atomic E-state index is -2.03. The number of rotatable bonds is 7. The van der Waals surface area contributed by atoms with Crippen LogP contribution in [-0.4, -0.2) is 43.7 Å². The van der Waals surface area contributed by atoms with Crippen molar-refractivity contribution < 1.29 is 23.5 Å². The van der Waals surface area contributed by atoms with Gasteiger partial charge >= 0.3 is 5.97 Å². The van der Waals surface area contributed by atoms with E-state index in [1.165, 1.54) is 0 Å². The van der Waals surface area contributed by atoms with Crippen molar-refractivity contribution in [1.82, 2.24) is 5.32 Å². The van der Waals surface area contributed by atoms with Gasteiger partial charge in [-0.25, -0.2) is 4.79 Å². The second-order valence-corrected chi connectivity index (χ2v) is 15.7. The van der Waals surface area contributed by atoms with Crippen LogP contribution in [0.3, 0.4) is 0 Å². The van der Waals surface area contributed by atoms with Gasteiger partial charge in [-0.05, 0) is 58.0 Å². The second kappa shape index (κ2) is 8.86. The van der Waals surface area contributed by atoms with E-state index in [0.29, 0.717) is 11.1 Å². The number of ether oxygens (including phenoxy) is 1. The summed E-state index contributed by atoms with van der Waals surface area (Å²) < 4.78 is 11.8. The number of hydrogen-bond acceptors (Lipinski definition) is 5. The van der Waals surface area contributed by atoms with Crippen LogP contribution >= 0.6 is 0 Å². The van der Waals surface area contributed by atoms with Gasteiger partial charge in [0.15, 0.2) is 14.1 Å². The summed E-state index contributed by atoms with van der Waals surface area (Å²) in [5.74, 6) is -1.02. The van der Waals surface area contributed by atoms with E-state index < -0.39 is 19.9 Å². The molecule has 0 radical (unpaired) electrons. The summed E-state index contributed by atoms with van der Waals surface area (Å²) in [5.41, 5.74) is 0.159. The Morgan fingerprint density at radius 3 is 2.19 bits per heavy atom. The van der Waals surface area contributed by atoms with Crippen LogP contribution < -0.4 is 5.32 Å². The monoisotopic (exact) mass is 447 g/mol. The predicted molar refractivity (Wildman–Crippen MR) is 124 cm³/mol. The van der Waals surface area contributed by atoms with Gasteiger partial charge in [-0.15, -0.1) is 0 Å². The average molecular weight is 448 g/mol. The number of nitrogens with one attached hydrogen (secondary N) is 1. The van der Waals surface area contributed by atoms with E-state index in [0.717, 1.165) is 0 Å². The van der Waals surface area contributed by atoms with E-state index in [9.17, 15) is 14.4 Å². The van der Waals surface area contributed by atoms with Gasteiger partial charge in [0.2, 0.25) is 5.91 Å². The maximum absolute atomic E-state index is 12.9. The largest absolute Gasteiger partial charge is 0.456 e.